The summed E-state index contributed by atoms with van der Waals surface area (Å²) in [6.45, 7) is 4.35. The lowest BCUT2D eigenvalue weighted by molar-refractivity contribution is -0.138. The largest absolute Gasteiger partial charge is 0.416 e. The van der Waals surface area contributed by atoms with Crippen LogP contribution in [0.4, 0.5) is 13.2 Å². The molecule has 1 N–H and O–H groups in total. The number of halogens is 3. The van der Waals surface area contributed by atoms with Crippen molar-refractivity contribution < 1.29 is 27.6 Å². The minimum absolute atomic E-state index is 0.0480. The van der Waals surface area contributed by atoms with E-state index >= 15 is 0 Å². The Bertz CT molecular complexity index is 1570. The van der Waals surface area contributed by atoms with Crippen LogP contribution in [-0.2, 0) is 25.6 Å². The number of fused-ring (bicyclic) bond motifs is 1. The van der Waals surface area contributed by atoms with Crippen molar-refractivity contribution in [3.8, 4) is 11.3 Å². The van der Waals surface area contributed by atoms with Crippen LogP contribution >= 0.6 is 11.3 Å². The molecule has 1 aliphatic heterocycles. The van der Waals surface area contributed by atoms with Crippen molar-refractivity contribution in [3.63, 3.8) is 0 Å². The number of nitrogens with zero attached hydrogens (tertiary/aromatic N) is 3. The molecule has 3 heterocycles. The first-order valence-corrected chi connectivity index (χ1v) is 14.0. The number of carbonyl (C=O) groups excluding carboxylic acids is 3. The molecule has 0 saturated heterocycles. The van der Waals surface area contributed by atoms with Crippen LogP contribution in [0.3, 0.4) is 0 Å². The van der Waals surface area contributed by atoms with Crippen molar-refractivity contribution in [3.05, 3.63) is 98.9 Å². The predicted molar refractivity (Wildman–Crippen MR) is 149 cm³/mol. The maximum atomic E-state index is 13.8. The molecular formula is C30H27F3N4O3S. The molecule has 2 aromatic carbocycles. The number of amides is 3. The number of thiophene rings is 1. The van der Waals surface area contributed by atoms with Crippen molar-refractivity contribution in [1.29, 1.82) is 0 Å². The second-order valence-corrected chi connectivity index (χ2v) is 10.6. The highest BCUT2D eigenvalue weighted by Crippen LogP contribution is 2.33. The molecule has 4 aromatic rings. The highest BCUT2D eigenvalue weighted by molar-refractivity contribution is 7.12. The first-order chi connectivity index (χ1) is 19.6. The van der Waals surface area contributed by atoms with Crippen LogP contribution in [0.2, 0.25) is 0 Å². The maximum Gasteiger partial charge on any atom is 0.416 e. The van der Waals surface area contributed by atoms with Crippen LogP contribution < -0.4 is 5.32 Å². The molecule has 1 atom stereocenters. The molecule has 2 aromatic heterocycles. The van der Waals surface area contributed by atoms with Crippen molar-refractivity contribution >= 4 is 29.1 Å². The third-order valence-corrected chi connectivity index (χ3v) is 8.03. The summed E-state index contributed by atoms with van der Waals surface area (Å²) in [7, 11) is 0. The molecule has 212 valence electrons. The molecular weight excluding hydrogens is 553 g/mol. The number of benzene rings is 2. The van der Waals surface area contributed by atoms with Gasteiger partial charge in [-0.3, -0.25) is 24.0 Å². The fourth-order valence-corrected chi connectivity index (χ4v) is 5.91. The molecule has 0 aliphatic carbocycles. The number of hydrogen-bond donors (Lipinski definition) is 1. The topological polar surface area (TPSA) is 84.3 Å². The molecule has 41 heavy (non-hydrogen) atoms. The average molecular weight is 581 g/mol. The fraction of sp³-hybridized carbons (Fsp3) is 0.267. The molecule has 0 fully saturated rings. The molecule has 0 saturated carbocycles. The lowest BCUT2D eigenvalue weighted by Gasteiger charge is -2.25. The molecule has 3 amide bonds. The highest BCUT2D eigenvalue weighted by atomic mass is 32.1. The van der Waals surface area contributed by atoms with Crippen LogP contribution in [0.25, 0.3) is 11.3 Å². The Morgan fingerprint density at radius 1 is 1.00 bits per heavy atom. The van der Waals surface area contributed by atoms with Crippen molar-refractivity contribution in [2.24, 2.45) is 0 Å². The average Bonchev–Trinajstić information content (AvgIpc) is 3.66. The second-order valence-electron chi connectivity index (χ2n) is 9.68. The minimum atomic E-state index is -4.61. The Hall–Kier alpha value is -4.25. The van der Waals surface area contributed by atoms with Gasteiger partial charge in [-0.05, 0) is 55.2 Å². The molecule has 11 heteroatoms. The molecule has 0 unspecified atom stereocenters. The lowest BCUT2D eigenvalue weighted by atomic mass is 9.99. The Labute approximate surface area is 238 Å². The van der Waals surface area contributed by atoms with Gasteiger partial charge in [0.1, 0.15) is 0 Å². The Balaban J connectivity index is 1.44. The van der Waals surface area contributed by atoms with E-state index < -0.39 is 35.5 Å². The van der Waals surface area contributed by atoms with Gasteiger partial charge < -0.3 is 5.32 Å². The van der Waals surface area contributed by atoms with Gasteiger partial charge in [-0.2, -0.15) is 18.3 Å². The summed E-state index contributed by atoms with van der Waals surface area (Å²) < 4.78 is 43.2. The minimum Gasteiger partial charge on any atom is -0.346 e. The third kappa shape index (κ3) is 5.54. The third-order valence-electron chi connectivity index (χ3n) is 7.10. The van der Waals surface area contributed by atoms with Gasteiger partial charge in [0.25, 0.3) is 17.7 Å². The van der Waals surface area contributed by atoms with E-state index in [-0.39, 0.29) is 29.7 Å². The van der Waals surface area contributed by atoms with Gasteiger partial charge in [0.05, 0.1) is 39.5 Å². The zero-order valence-corrected chi connectivity index (χ0v) is 23.2. The summed E-state index contributed by atoms with van der Waals surface area (Å²) in [5, 5.41) is 9.06. The Morgan fingerprint density at radius 3 is 2.29 bits per heavy atom. The van der Waals surface area contributed by atoms with Crippen LogP contribution in [-0.4, -0.2) is 45.0 Å². The number of carbonyl (C=O) groups is 3. The summed E-state index contributed by atoms with van der Waals surface area (Å²) in [5.74, 6) is -1.60. The van der Waals surface area contributed by atoms with Gasteiger partial charge in [0.15, 0.2) is 0 Å². The molecule has 1 aliphatic rings. The van der Waals surface area contributed by atoms with Crippen LogP contribution in [0.15, 0.2) is 66.2 Å². The number of rotatable bonds is 9. The normalized spacial score (nSPS) is 13.9. The quantitative estimate of drug-likeness (QED) is 0.252. The van der Waals surface area contributed by atoms with E-state index in [2.05, 4.69) is 10.4 Å². The Kier molecular flexibility index (Phi) is 7.81. The molecule has 5 rings (SSSR count). The summed E-state index contributed by atoms with van der Waals surface area (Å²) in [6, 6.07) is 12.2. The van der Waals surface area contributed by atoms with E-state index in [1.807, 2.05) is 23.9 Å². The molecule has 0 radical (unpaired) electrons. The van der Waals surface area contributed by atoms with Gasteiger partial charge in [0.2, 0.25) is 0 Å². The van der Waals surface area contributed by atoms with Crippen LogP contribution in [0.5, 0.6) is 0 Å². The first-order valence-electron chi connectivity index (χ1n) is 13.2. The second kappa shape index (κ2) is 11.3. The smallest absolute Gasteiger partial charge is 0.346 e. The van der Waals surface area contributed by atoms with E-state index in [4.69, 9.17) is 0 Å². The van der Waals surface area contributed by atoms with E-state index in [0.717, 1.165) is 34.2 Å². The van der Waals surface area contributed by atoms with Crippen molar-refractivity contribution in [2.75, 3.05) is 6.54 Å². The number of imide groups is 1. The number of nitrogens with one attached hydrogen (secondary N) is 1. The van der Waals surface area contributed by atoms with Crippen LogP contribution in [0, 0.1) is 0 Å². The summed E-state index contributed by atoms with van der Waals surface area (Å²) in [6.07, 6.45) is -2.29. The highest BCUT2D eigenvalue weighted by Gasteiger charge is 2.38. The van der Waals surface area contributed by atoms with Gasteiger partial charge in [0, 0.05) is 24.0 Å². The monoisotopic (exact) mass is 580 g/mol. The lowest BCUT2D eigenvalue weighted by Crippen LogP contribution is -2.47. The zero-order chi connectivity index (χ0) is 29.3. The van der Waals surface area contributed by atoms with E-state index in [9.17, 15) is 27.6 Å². The van der Waals surface area contributed by atoms with E-state index in [0.29, 0.717) is 11.4 Å². The van der Waals surface area contributed by atoms with Crippen molar-refractivity contribution in [1.82, 2.24) is 20.0 Å². The van der Waals surface area contributed by atoms with Gasteiger partial charge in [-0.25, -0.2) is 0 Å². The maximum absolute atomic E-state index is 13.8. The van der Waals surface area contributed by atoms with E-state index in [1.54, 1.807) is 24.4 Å². The summed E-state index contributed by atoms with van der Waals surface area (Å²) >= 11 is 1.20. The number of hydrogen-bond acceptors (Lipinski definition) is 5. The standard InChI is InChI=1S/C30H27F3N4O3S/c1-3-18-15-34-37(4-2)26(18)20-14-25(41-17-20)27(38)35-21(13-19-9-5-8-12-24(19)30(31,32)33)16-36-28(39)22-10-6-7-11-23(22)29(36)40/h5-12,14-15,17,21H,3-4,13,16H2,1-2H3,(H,35,38)/t21-/m0/s1. The Morgan fingerprint density at radius 2 is 1.66 bits per heavy atom. The van der Waals surface area contributed by atoms with Crippen LogP contribution in [0.1, 0.15) is 60.9 Å². The number of alkyl halides is 3. The van der Waals surface area contributed by atoms with Gasteiger partial charge in [-0.15, -0.1) is 11.3 Å². The molecule has 7 nitrogen and oxygen atoms in total. The van der Waals surface area contributed by atoms with E-state index in [1.165, 1.54) is 41.7 Å². The number of aryl methyl sites for hydroxylation is 2. The van der Waals surface area contributed by atoms with Crippen molar-refractivity contribution in [2.45, 2.75) is 45.5 Å². The summed E-state index contributed by atoms with van der Waals surface area (Å²) in [4.78, 5) is 40.9. The SMILES string of the molecule is CCc1cnn(CC)c1-c1csc(C(=O)N[C@@H](Cc2ccccc2C(F)(F)F)CN2C(=O)c3ccccc3C2=O)c1. The fourth-order valence-electron chi connectivity index (χ4n) is 5.12. The molecule has 0 bridgehead atoms. The number of aromatic nitrogens is 2. The first kappa shape index (κ1) is 28.3. The van der Waals surface area contributed by atoms with Gasteiger partial charge in [-0.1, -0.05) is 37.3 Å². The summed E-state index contributed by atoms with van der Waals surface area (Å²) in [5.41, 5.74) is 2.32. The molecule has 0 spiro atoms. The zero-order valence-electron chi connectivity index (χ0n) is 22.4. The van der Waals surface area contributed by atoms with Gasteiger partial charge >= 0.3 is 6.18 Å². The predicted octanol–water partition coefficient (Wildman–Crippen LogP) is 5.85.